The molecule has 0 aliphatic carbocycles. The van der Waals surface area contributed by atoms with E-state index in [1.807, 2.05) is 6.07 Å². The van der Waals surface area contributed by atoms with Crippen molar-refractivity contribution in [1.82, 2.24) is 0 Å². The van der Waals surface area contributed by atoms with E-state index in [4.69, 9.17) is 11.6 Å². The van der Waals surface area contributed by atoms with E-state index in [1.54, 1.807) is 24.3 Å². The van der Waals surface area contributed by atoms with Crippen molar-refractivity contribution < 1.29 is 13.3 Å². The van der Waals surface area contributed by atoms with Gasteiger partial charge < -0.3 is 0 Å². The van der Waals surface area contributed by atoms with Crippen molar-refractivity contribution in [2.45, 2.75) is 10.3 Å². The van der Waals surface area contributed by atoms with Crippen LogP contribution < -0.4 is 0 Å². The third-order valence-corrected chi connectivity index (χ3v) is 5.29. The molecule has 7 heteroatoms. The SMILES string of the molecule is O=[N+]([O-])c1ccc(S(=O)(=O)C[C@H](Cl)c2ccccc2)cc1. The minimum absolute atomic E-state index is 0.0229. The molecule has 5 nitrogen and oxygen atoms in total. The lowest BCUT2D eigenvalue weighted by atomic mass is 10.2. The summed E-state index contributed by atoms with van der Waals surface area (Å²) in [6.07, 6.45) is 0. The van der Waals surface area contributed by atoms with Crippen LogP contribution in [0.15, 0.2) is 59.5 Å². The van der Waals surface area contributed by atoms with Crippen LogP contribution in [0.4, 0.5) is 5.69 Å². The van der Waals surface area contributed by atoms with Gasteiger partial charge in [0, 0.05) is 12.1 Å². The van der Waals surface area contributed by atoms with Crippen molar-refractivity contribution in [2.24, 2.45) is 0 Å². The largest absolute Gasteiger partial charge is 0.269 e. The fourth-order valence-corrected chi connectivity index (χ4v) is 3.79. The fourth-order valence-electron chi connectivity index (χ4n) is 1.82. The third kappa shape index (κ3) is 3.80. The van der Waals surface area contributed by atoms with Gasteiger partial charge in [-0.3, -0.25) is 10.1 Å². The molecule has 2 rings (SSSR count). The van der Waals surface area contributed by atoms with E-state index < -0.39 is 20.1 Å². The highest BCUT2D eigenvalue weighted by Crippen LogP contribution is 2.26. The third-order valence-electron chi connectivity index (χ3n) is 2.93. The molecule has 0 N–H and O–H groups in total. The molecule has 0 aliphatic heterocycles. The smallest absolute Gasteiger partial charge is 0.258 e. The minimum Gasteiger partial charge on any atom is -0.258 e. The van der Waals surface area contributed by atoms with Gasteiger partial charge in [0.2, 0.25) is 0 Å². The van der Waals surface area contributed by atoms with Crippen molar-refractivity contribution in [3.05, 3.63) is 70.3 Å². The summed E-state index contributed by atoms with van der Waals surface area (Å²) in [4.78, 5) is 10.0. The van der Waals surface area contributed by atoms with Gasteiger partial charge in [-0.25, -0.2) is 8.42 Å². The molecular weight excluding hydrogens is 314 g/mol. The quantitative estimate of drug-likeness (QED) is 0.480. The fraction of sp³-hybridized carbons (Fsp3) is 0.143. The Hall–Kier alpha value is -1.92. The molecule has 0 saturated heterocycles. The monoisotopic (exact) mass is 325 g/mol. The average molecular weight is 326 g/mol. The van der Waals surface area contributed by atoms with Crippen molar-refractivity contribution in [2.75, 3.05) is 5.75 Å². The maximum Gasteiger partial charge on any atom is 0.269 e. The number of hydrogen-bond donors (Lipinski definition) is 0. The lowest BCUT2D eigenvalue weighted by molar-refractivity contribution is -0.384. The highest BCUT2D eigenvalue weighted by Gasteiger charge is 2.21. The topological polar surface area (TPSA) is 77.3 Å². The van der Waals surface area contributed by atoms with E-state index in [0.29, 0.717) is 5.56 Å². The molecule has 0 aliphatic rings. The average Bonchev–Trinajstić information content (AvgIpc) is 2.48. The Morgan fingerprint density at radius 2 is 1.62 bits per heavy atom. The summed E-state index contributed by atoms with van der Waals surface area (Å²) in [5.74, 6) is -0.267. The van der Waals surface area contributed by atoms with Gasteiger partial charge >= 0.3 is 0 Å². The van der Waals surface area contributed by atoms with Gasteiger partial charge in [0.05, 0.1) is 20.9 Å². The Kier molecular flexibility index (Phi) is 4.59. The molecule has 0 fully saturated rings. The summed E-state index contributed by atoms with van der Waals surface area (Å²) in [5.41, 5.74) is 0.559. The molecule has 21 heavy (non-hydrogen) atoms. The summed E-state index contributed by atoms with van der Waals surface area (Å²) < 4.78 is 24.5. The van der Waals surface area contributed by atoms with Gasteiger partial charge in [-0.2, -0.15) is 0 Å². The van der Waals surface area contributed by atoms with E-state index >= 15 is 0 Å². The van der Waals surface area contributed by atoms with Crippen molar-refractivity contribution in [3.8, 4) is 0 Å². The van der Waals surface area contributed by atoms with E-state index in [0.717, 1.165) is 0 Å². The van der Waals surface area contributed by atoms with Gasteiger partial charge in [0.25, 0.3) is 5.69 Å². The molecule has 0 spiro atoms. The molecule has 2 aromatic carbocycles. The summed E-state index contributed by atoms with van der Waals surface area (Å²) >= 11 is 6.13. The minimum atomic E-state index is -3.60. The zero-order valence-electron chi connectivity index (χ0n) is 10.8. The number of benzene rings is 2. The molecule has 2 aromatic rings. The number of alkyl halides is 1. The molecule has 0 unspecified atom stereocenters. The molecule has 0 heterocycles. The van der Waals surface area contributed by atoms with Crippen molar-refractivity contribution in [1.29, 1.82) is 0 Å². The van der Waals surface area contributed by atoms with Crippen LogP contribution in [0.25, 0.3) is 0 Å². The van der Waals surface area contributed by atoms with Crippen LogP contribution in [-0.4, -0.2) is 19.1 Å². The molecule has 0 saturated carbocycles. The number of hydrogen-bond acceptors (Lipinski definition) is 4. The Labute approximate surface area is 127 Å². The van der Waals surface area contributed by atoms with E-state index in [2.05, 4.69) is 0 Å². The number of nitrogens with zero attached hydrogens (tertiary/aromatic N) is 1. The normalized spacial score (nSPS) is 12.8. The zero-order chi connectivity index (χ0) is 15.5. The Morgan fingerprint density at radius 3 is 2.14 bits per heavy atom. The molecule has 110 valence electrons. The van der Waals surface area contributed by atoms with Crippen LogP contribution in [0.2, 0.25) is 0 Å². The predicted octanol–water partition coefficient (Wildman–Crippen LogP) is 3.35. The second-order valence-corrected chi connectivity index (χ2v) is 6.97. The molecule has 0 amide bonds. The van der Waals surface area contributed by atoms with Crippen LogP contribution in [-0.2, 0) is 9.84 Å². The zero-order valence-corrected chi connectivity index (χ0v) is 12.4. The number of nitro benzene ring substituents is 1. The first-order valence-electron chi connectivity index (χ1n) is 6.06. The van der Waals surface area contributed by atoms with Gasteiger partial charge in [0.1, 0.15) is 0 Å². The second-order valence-electron chi connectivity index (χ2n) is 4.41. The van der Waals surface area contributed by atoms with Gasteiger partial charge in [-0.15, -0.1) is 11.6 Å². The number of non-ortho nitro benzene ring substituents is 1. The highest BCUT2D eigenvalue weighted by molar-refractivity contribution is 7.91. The summed E-state index contributed by atoms with van der Waals surface area (Å²) in [5, 5.41) is 9.89. The highest BCUT2D eigenvalue weighted by atomic mass is 35.5. The maximum absolute atomic E-state index is 12.2. The standard InChI is InChI=1S/C14H12ClNO4S/c15-14(11-4-2-1-3-5-11)10-21(19,20)13-8-6-12(7-9-13)16(17)18/h1-9,14H,10H2/t14-/m0/s1. The Balaban J connectivity index is 2.20. The van der Waals surface area contributed by atoms with Gasteiger partial charge in [-0.1, -0.05) is 30.3 Å². The first-order valence-corrected chi connectivity index (χ1v) is 8.15. The van der Waals surface area contributed by atoms with Crippen LogP contribution in [0.3, 0.4) is 0 Å². The second kappa shape index (κ2) is 6.24. The number of rotatable bonds is 5. The van der Waals surface area contributed by atoms with Crippen LogP contribution >= 0.6 is 11.6 Å². The Morgan fingerprint density at radius 1 is 1.05 bits per heavy atom. The van der Waals surface area contributed by atoms with Crippen LogP contribution in [0.5, 0.6) is 0 Å². The predicted molar refractivity (Wildman–Crippen MR) is 80.2 cm³/mol. The molecule has 1 atom stereocenters. The first-order chi connectivity index (χ1) is 9.90. The van der Waals surface area contributed by atoms with Gasteiger partial charge in [-0.05, 0) is 17.7 Å². The molecule has 0 aromatic heterocycles. The summed E-state index contributed by atoms with van der Waals surface area (Å²) in [6, 6.07) is 13.7. The number of sulfone groups is 1. The summed E-state index contributed by atoms with van der Waals surface area (Å²) in [6.45, 7) is 0. The van der Waals surface area contributed by atoms with Crippen molar-refractivity contribution >= 4 is 27.1 Å². The maximum atomic E-state index is 12.2. The Bertz CT molecular complexity index is 729. The van der Waals surface area contributed by atoms with Crippen LogP contribution in [0.1, 0.15) is 10.9 Å². The van der Waals surface area contributed by atoms with E-state index in [1.165, 1.54) is 24.3 Å². The van der Waals surface area contributed by atoms with E-state index in [-0.39, 0.29) is 16.3 Å². The lowest BCUT2D eigenvalue weighted by Gasteiger charge is -2.10. The van der Waals surface area contributed by atoms with Crippen molar-refractivity contribution in [3.63, 3.8) is 0 Å². The van der Waals surface area contributed by atoms with Crippen LogP contribution in [0, 0.1) is 10.1 Å². The lowest BCUT2D eigenvalue weighted by Crippen LogP contribution is -2.11. The molecule has 0 radical (unpaired) electrons. The van der Waals surface area contributed by atoms with E-state index in [9.17, 15) is 18.5 Å². The number of nitro groups is 1. The molecular formula is C14H12ClNO4S. The first kappa shape index (κ1) is 15.5. The summed E-state index contributed by atoms with van der Waals surface area (Å²) in [7, 11) is -3.60. The number of halogens is 1. The molecule has 0 bridgehead atoms. The van der Waals surface area contributed by atoms with Gasteiger partial charge in [0.15, 0.2) is 9.84 Å².